The normalized spacial score (nSPS) is 9.91. The Bertz CT molecular complexity index is 872. The van der Waals surface area contributed by atoms with Crippen LogP contribution in [0.5, 0.6) is 0 Å². The largest absolute Gasteiger partial charge is 0.464 e. The minimum absolute atomic E-state index is 0.416. The van der Waals surface area contributed by atoms with Gasteiger partial charge in [0.1, 0.15) is 18.2 Å². The fourth-order valence-electron chi connectivity index (χ4n) is 2.33. The van der Waals surface area contributed by atoms with Crippen LogP contribution in [0.25, 0.3) is 11.3 Å². The molecule has 0 bridgehead atoms. The van der Waals surface area contributed by atoms with E-state index in [-0.39, 0.29) is 0 Å². The molecule has 2 aromatic heterocycles. The van der Waals surface area contributed by atoms with Gasteiger partial charge in [-0.05, 0) is 29.3 Å². The van der Waals surface area contributed by atoms with Gasteiger partial charge in [-0.25, -0.2) is 9.97 Å². The van der Waals surface area contributed by atoms with Crippen LogP contribution >= 0.6 is 0 Å². The van der Waals surface area contributed by atoms with E-state index in [4.69, 9.17) is 4.42 Å². The standard InChI is InChI=1S/C17H10N4O/c18-7-14-4-3-13(6-12-9-20-11-21-10-12)15(8-19)17(14)16-2-1-5-22-16/h1-5,9-11H,6H2. The number of hydrogen-bond donors (Lipinski definition) is 0. The average Bonchev–Trinajstić information content (AvgIpc) is 3.09. The Morgan fingerprint density at radius 3 is 2.50 bits per heavy atom. The number of rotatable bonds is 3. The third kappa shape index (κ3) is 2.44. The van der Waals surface area contributed by atoms with E-state index < -0.39 is 0 Å². The molecule has 0 atom stereocenters. The molecule has 3 rings (SSSR count). The van der Waals surface area contributed by atoms with Crippen LogP contribution in [0.3, 0.4) is 0 Å². The summed E-state index contributed by atoms with van der Waals surface area (Å²) >= 11 is 0. The third-order valence-corrected chi connectivity index (χ3v) is 3.30. The van der Waals surface area contributed by atoms with Gasteiger partial charge in [-0.1, -0.05) is 6.07 Å². The number of nitriles is 2. The van der Waals surface area contributed by atoms with E-state index in [1.165, 1.54) is 12.6 Å². The first-order valence-corrected chi connectivity index (χ1v) is 6.57. The maximum atomic E-state index is 9.56. The van der Waals surface area contributed by atoms with Crippen molar-refractivity contribution in [2.75, 3.05) is 0 Å². The molecule has 2 heterocycles. The summed E-state index contributed by atoms with van der Waals surface area (Å²) < 4.78 is 5.38. The van der Waals surface area contributed by atoms with E-state index >= 15 is 0 Å². The van der Waals surface area contributed by atoms with Gasteiger partial charge in [0.2, 0.25) is 0 Å². The summed E-state index contributed by atoms with van der Waals surface area (Å²) in [5.41, 5.74) is 3.10. The highest BCUT2D eigenvalue weighted by Gasteiger charge is 2.17. The Hall–Kier alpha value is -3.44. The second-order valence-corrected chi connectivity index (χ2v) is 4.65. The van der Waals surface area contributed by atoms with Crippen LogP contribution in [-0.4, -0.2) is 9.97 Å². The fraction of sp³-hybridized carbons (Fsp3) is 0.0588. The van der Waals surface area contributed by atoms with E-state index in [0.29, 0.717) is 28.9 Å². The zero-order valence-electron chi connectivity index (χ0n) is 11.5. The zero-order chi connectivity index (χ0) is 15.4. The second kappa shape index (κ2) is 5.90. The quantitative estimate of drug-likeness (QED) is 0.738. The van der Waals surface area contributed by atoms with Crippen molar-refractivity contribution in [1.29, 1.82) is 10.5 Å². The number of hydrogen-bond acceptors (Lipinski definition) is 5. The van der Waals surface area contributed by atoms with E-state index in [1.807, 2.05) is 0 Å². The molecule has 0 N–H and O–H groups in total. The van der Waals surface area contributed by atoms with Crippen LogP contribution in [-0.2, 0) is 6.42 Å². The average molecular weight is 286 g/mol. The minimum atomic E-state index is 0.416. The van der Waals surface area contributed by atoms with Gasteiger partial charge in [-0.3, -0.25) is 0 Å². The number of nitrogens with zero attached hydrogens (tertiary/aromatic N) is 4. The summed E-state index contributed by atoms with van der Waals surface area (Å²) in [6.07, 6.45) is 6.91. The van der Waals surface area contributed by atoms with Gasteiger partial charge < -0.3 is 4.42 Å². The van der Waals surface area contributed by atoms with Crippen LogP contribution in [0.15, 0.2) is 53.7 Å². The van der Waals surface area contributed by atoms with Crippen molar-refractivity contribution in [1.82, 2.24) is 9.97 Å². The first-order valence-electron chi connectivity index (χ1n) is 6.57. The topological polar surface area (TPSA) is 86.5 Å². The molecule has 0 aliphatic carbocycles. The maximum absolute atomic E-state index is 9.56. The van der Waals surface area contributed by atoms with Gasteiger partial charge >= 0.3 is 0 Å². The molecule has 0 saturated heterocycles. The maximum Gasteiger partial charge on any atom is 0.136 e. The monoisotopic (exact) mass is 286 g/mol. The third-order valence-electron chi connectivity index (χ3n) is 3.30. The van der Waals surface area contributed by atoms with Gasteiger partial charge in [0.25, 0.3) is 0 Å². The van der Waals surface area contributed by atoms with Crippen molar-refractivity contribution in [2.24, 2.45) is 0 Å². The molecule has 1 aromatic carbocycles. The smallest absolute Gasteiger partial charge is 0.136 e. The van der Waals surface area contributed by atoms with Gasteiger partial charge in [-0.2, -0.15) is 10.5 Å². The Balaban J connectivity index is 2.16. The minimum Gasteiger partial charge on any atom is -0.464 e. The first kappa shape index (κ1) is 13.5. The van der Waals surface area contributed by atoms with Gasteiger partial charge in [0, 0.05) is 18.8 Å². The van der Waals surface area contributed by atoms with Crippen molar-refractivity contribution in [3.05, 3.63) is 71.5 Å². The highest BCUT2D eigenvalue weighted by Crippen LogP contribution is 2.31. The van der Waals surface area contributed by atoms with Crippen LogP contribution in [0.4, 0.5) is 0 Å². The molecule has 0 amide bonds. The highest BCUT2D eigenvalue weighted by molar-refractivity contribution is 5.75. The molecule has 5 nitrogen and oxygen atoms in total. The molecule has 0 aliphatic rings. The number of benzene rings is 1. The SMILES string of the molecule is N#Cc1ccc(Cc2cncnc2)c(C#N)c1-c1ccco1. The van der Waals surface area contributed by atoms with Crippen molar-refractivity contribution in [2.45, 2.75) is 6.42 Å². The Morgan fingerprint density at radius 1 is 1.05 bits per heavy atom. The Kier molecular flexibility index (Phi) is 3.63. The molecule has 0 fully saturated rings. The molecule has 0 saturated carbocycles. The lowest BCUT2D eigenvalue weighted by Gasteiger charge is -2.09. The van der Waals surface area contributed by atoms with Crippen LogP contribution in [0.2, 0.25) is 0 Å². The first-order chi connectivity index (χ1) is 10.8. The Morgan fingerprint density at radius 2 is 1.86 bits per heavy atom. The van der Waals surface area contributed by atoms with Crippen molar-refractivity contribution in [3.63, 3.8) is 0 Å². The van der Waals surface area contributed by atoms with Crippen LogP contribution in [0.1, 0.15) is 22.3 Å². The van der Waals surface area contributed by atoms with E-state index in [0.717, 1.165) is 11.1 Å². The molecule has 0 aliphatic heterocycles. The highest BCUT2D eigenvalue weighted by atomic mass is 16.3. The van der Waals surface area contributed by atoms with Crippen molar-refractivity contribution in [3.8, 4) is 23.5 Å². The van der Waals surface area contributed by atoms with Crippen molar-refractivity contribution < 1.29 is 4.42 Å². The van der Waals surface area contributed by atoms with Gasteiger partial charge in [0.05, 0.1) is 29.0 Å². The van der Waals surface area contributed by atoms with Crippen LogP contribution < -0.4 is 0 Å². The lowest BCUT2D eigenvalue weighted by molar-refractivity contribution is 0.582. The van der Waals surface area contributed by atoms with Crippen molar-refractivity contribution >= 4 is 0 Å². The molecule has 22 heavy (non-hydrogen) atoms. The molecular weight excluding hydrogens is 276 g/mol. The van der Waals surface area contributed by atoms with E-state index in [9.17, 15) is 10.5 Å². The van der Waals surface area contributed by atoms with Crippen LogP contribution in [0, 0.1) is 22.7 Å². The molecule has 0 unspecified atom stereocenters. The molecule has 5 heteroatoms. The van der Waals surface area contributed by atoms with Gasteiger partial charge in [0.15, 0.2) is 0 Å². The predicted octanol–water partition coefficient (Wildman–Crippen LogP) is 3.07. The summed E-state index contributed by atoms with van der Waals surface area (Å²) in [6.45, 7) is 0. The summed E-state index contributed by atoms with van der Waals surface area (Å²) in [5, 5.41) is 18.9. The van der Waals surface area contributed by atoms with E-state index in [2.05, 4.69) is 22.1 Å². The fourth-order valence-corrected chi connectivity index (χ4v) is 2.33. The predicted molar refractivity (Wildman–Crippen MR) is 78.4 cm³/mol. The summed E-state index contributed by atoms with van der Waals surface area (Å²) in [6, 6.07) is 11.3. The Labute approximate surface area is 127 Å². The lowest BCUT2D eigenvalue weighted by Crippen LogP contribution is -1.98. The summed E-state index contributed by atoms with van der Waals surface area (Å²) in [5.74, 6) is 0.513. The van der Waals surface area contributed by atoms with Gasteiger partial charge in [-0.15, -0.1) is 0 Å². The molecule has 104 valence electrons. The number of furan rings is 1. The summed E-state index contributed by atoms with van der Waals surface area (Å²) in [4.78, 5) is 7.96. The van der Waals surface area contributed by atoms with E-state index in [1.54, 1.807) is 36.7 Å². The summed E-state index contributed by atoms with van der Waals surface area (Å²) in [7, 11) is 0. The molecule has 3 aromatic rings. The molecular formula is C17H10N4O. The second-order valence-electron chi connectivity index (χ2n) is 4.65. The number of aromatic nitrogens is 2. The lowest BCUT2D eigenvalue weighted by atomic mass is 9.92. The zero-order valence-corrected chi connectivity index (χ0v) is 11.5. The molecule has 0 spiro atoms. The molecule has 0 radical (unpaired) electrons.